The van der Waals surface area contributed by atoms with Gasteiger partial charge in [0, 0.05) is 12.4 Å². The van der Waals surface area contributed by atoms with Crippen LogP contribution in [0.25, 0.3) is 6.08 Å². The van der Waals surface area contributed by atoms with Gasteiger partial charge >= 0.3 is 34.5 Å². The minimum absolute atomic E-state index is 0.346. The third-order valence-corrected chi connectivity index (χ3v) is 3.00. The van der Waals surface area contributed by atoms with Crippen LogP contribution < -0.4 is 0 Å². The molecule has 0 atom stereocenters. The fraction of sp³-hybridized carbons (Fsp3) is 0.0588. The predicted molar refractivity (Wildman–Crippen MR) is 90.7 cm³/mol. The SMILES string of the molecule is C1=CN=C(c2ccccn2)C(=Cc2ccccc2)C1.[Cl][Ru][Cl]. The number of rotatable bonds is 2. The Hall–Kier alpha value is -1.28. The summed E-state index contributed by atoms with van der Waals surface area (Å²) >= 11 is -0.346. The molecule has 0 fully saturated rings. The number of nitrogens with zero attached hydrogens (tertiary/aromatic N) is 2. The molecule has 0 N–H and O–H groups in total. The number of halogens is 2. The zero-order chi connectivity index (χ0) is 15.6. The number of hydrogen-bond acceptors (Lipinski definition) is 2. The Morgan fingerprint density at radius 2 is 1.73 bits per heavy atom. The third kappa shape index (κ3) is 5.17. The first-order valence-electron chi connectivity index (χ1n) is 6.60. The summed E-state index contributed by atoms with van der Waals surface area (Å²) in [5.41, 5.74) is 4.28. The molecule has 0 bridgehead atoms. The van der Waals surface area contributed by atoms with E-state index in [2.05, 4.69) is 34.3 Å². The van der Waals surface area contributed by atoms with Crippen LogP contribution in [0.15, 0.2) is 77.6 Å². The fourth-order valence-electron chi connectivity index (χ4n) is 2.10. The van der Waals surface area contributed by atoms with Gasteiger partial charge in [0.25, 0.3) is 0 Å². The molecule has 5 heteroatoms. The van der Waals surface area contributed by atoms with Crippen LogP contribution in [0, 0.1) is 0 Å². The first-order valence-corrected chi connectivity index (χ1v) is 11.1. The first kappa shape index (κ1) is 17.1. The van der Waals surface area contributed by atoms with Crippen LogP contribution >= 0.6 is 19.4 Å². The number of aliphatic imine (C=N–C) groups is 1. The van der Waals surface area contributed by atoms with Crippen LogP contribution in [-0.2, 0) is 15.1 Å². The summed E-state index contributed by atoms with van der Waals surface area (Å²) in [6, 6.07) is 16.2. The molecular weight excluding hydrogens is 404 g/mol. The standard InChI is InChI=1S/C17H14N2.2ClH.Ru/c1-2-7-14(8-3-1)13-15-9-6-12-19-17(15)16-10-4-5-11-18-16;;;/h1-8,10-13H,9H2;2*1H;/q;;;+2/p-2. The zero-order valence-corrected chi connectivity index (χ0v) is 14.9. The molecule has 3 rings (SSSR count). The van der Waals surface area contributed by atoms with Crippen molar-refractivity contribution in [2.24, 2.45) is 4.99 Å². The normalized spacial score (nSPS) is 15.2. The van der Waals surface area contributed by atoms with Gasteiger partial charge in [-0.3, -0.25) is 9.98 Å². The summed E-state index contributed by atoms with van der Waals surface area (Å²) in [6.45, 7) is 0. The van der Waals surface area contributed by atoms with Crippen molar-refractivity contribution in [1.82, 2.24) is 4.98 Å². The fourth-order valence-corrected chi connectivity index (χ4v) is 2.10. The van der Waals surface area contributed by atoms with Gasteiger partial charge in [0.05, 0.1) is 11.4 Å². The van der Waals surface area contributed by atoms with Crippen molar-refractivity contribution in [1.29, 1.82) is 0 Å². The van der Waals surface area contributed by atoms with E-state index < -0.39 is 0 Å². The summed E-state index contributed by atoms with van der Waals surface area (Å²) in [7, 11) is 9.71. The Bertz CT molecular complexity index is 668. The van der Waals surface area contributed by atoms with E-state index in [0.29, 0.717) is 0 Å². The number of benzene rings is 1. The van der Waals surface area contributed by atoms with Crippen LogP contribution in [0.1, 0.15) is 17.7 Å². The Labute approximate surface area is 146 Å². The Balaban J connectivity index is 0.000000545. The molecule has 1 aromatic carbocycles. The maximum absolute atomic E-state index is 4.85. The molecule has 2 heterocycles. The van der Waals surface area contributed by atoms with E-state index in [4.69, 9.17) is 19.4 Å². The van der Waals surface area contributed by atoms with Gasteiger partial charge in [-0.2, -0.15) is 0 Å². The van der Waals surface area contributed by atoms with Gasteiger partial charge < -0.3 is 0 Å². The van der Waals surface area contributed by atoms with Gasteiger partial charge in [0.1, 0.15) is 0 Å². The van der Waals surface area contributed by atoms with Crippen molar-refractivity contribution in [3.8, 4) is 0 Å². The molecule has 0 radical (unpaired) electrons. The molecule has 114 valence electrons. The van der Waals surface area contributed by atoms with Gasteiger partial charge in [-0.1, -0.05) is 42.5 Å². The van der Waals surface area contributed by atoms with Gasteiger partial charge in [-0.15, -0.1) is 0 Å². The number of aromatic nitrogens is 1. The molecule has 2 nitrogen and oxygen atoms in total. The van der Waals surface area contributed by atoms with E-state index in [1.807, 2.05) is 42.6 Å². The maximum atomic E-state index is 4.85. The van der Waals surface area contributed by atoms with E-state index in [9.17, 15) is 0 Å². The van der Waals surface area contributed by atoms with Crippen LogP contribution in [0.5, 0.6) is 0 Å². The number of allylic oxidation sites excluding steroid dienone is 2. The Morgan fingerprint density at radius 3 is 2.41 bits per heavy atom. The van der Waals surface area contributed by atoms with E-state index in [0.717, 1.165) is 17.8 Å². The van der Waals surface area contributed by atoms with Crippen molar-refractivity contribution in [3.63, 3.8) is 0 Å². The average Bonchev–Trinajstić information content (AvgIpc) is 2.58. The molecule has 1 aliphatic heterocycles. The van der Waals surface area contributed by atoms with Crippen LogP contribution in [-0.4, -0.2) is 10.7 Å². The molecule has 1 aromatic heterocycles. The van der Waals surface area contributed by atoms with Crippen LogP contribution in [0.2, 0.25) is 0 Å². The van der Waals surface area contributed by atoms with E-state index in [-0.39, 0.29) is 15.1 Å². The van der Waals surface area contributed by atoms with Crippen molar-refractivity contribution in [2.75, 3.05) is 0 Å². The minimum atomic E-state index is -0.346. The third-order valence-electron chi connectivity index (χ3n) is 3.00. The van der Waals surface area contributed by atoms with E-state index >= 15 is 0 Å². The Morgan fingerprint density at radius 1 is 1.00 bits per heavy atom. The van der Waals surface area contributed by atoms with Crippen molar-refractivity contribution in [2.45, 2.75) is 6.42 Å². The zero-order valence-electron chi connectivity index (χ0n) is 11.6. The van der Waals surface area contributed by atoms with Crippen molar-refractivity contribution >= 4 is 31.2 Å². The molecule has 0 spiro atoms. The van der Waals surface area contributed by atoms with Gasteiger partial charge in [-0.05, 0) is 35.8 Å². The quantitative estimate of drug-likeness (QED) is 0.612. The van der Waals surface area contributed by atoms with Crippen LogP contribution in [0.3, 0.4) is 0 Å². The van der Waals surface area contributed by atoms with Gasteiger partial charge in [0.15, 0.2) is 0 Å². The molecule has 0 saturated heterocycles. The number of pyridine rings is 1. The van der Waals surface area contributed by atoms with Gasteiger partial charge in [-0.25, -0.2) is 0 Å². The Kier molecular flexibility index (Phi) is 7.52. The topological polar surface area (TPSA) is 25.2 Å². The summed E-state index contributed by atoms with van der Waals surface area (Å²) < 4.78 is 0. The van der Waals surface area contributed by atoms with E-state index in [1.165, 1.54) is 11.1 Å². The first-order chi connectivity index (χ1) is 10.8. The summed E-state index contributed by atoms with van der Waals surface area (Å²) in [6.07, 6.45) is 8.80. The molecule has 22 heavy (non-hydrogen) atoms. The average molecular weight is 418 g/mol. The summed E-state index contributed by atoms with van der Waals surface area (Å²) in [5, 5.41) is 0. The summed E-state index contributed by atoms with van der Waals surface area (Å²) in [5.74, 6) is 0. The molecule has 0 aliphatic carbocycles. The number of hydrogen-bond donors (Lipinski definition) is 0. The molecule has 2 aromatic rings. The van der Waals surface area contributed by atoms with E-state index in [1.54, 1.807) is 6.20 Å². The van der Waals surface area contributed by atoms with Crippen molar-refractivity contribution in [3.05, 3.63) is 83.8 Å². The molecule has 0 amide bonds. The second kappa shape index (κ2) is 9.68. The second-order valence-corrected chi connectivity index (χ2v) is 7.05. The second-order valence-electron chi connectivity index (χ2n) is 4.41. The van der Waals surface area contributed by atoms with Crippen LogP contribution in [0.4, 0.5) is 0 Å². The van der Waals surface area contributed by atoms with Gasteiger partial charge in [0.2, 0.25) is 0 Å². The molecule has 0 saturated carbocycles. The van der Waals surface area contributed by atoms with Crippen molar-refractivity contribution < 1.29 is 15.1 Å². The molecule has 0 unspecified atom stereocenters. The summed E-state index contributed by atoms with van der Waals surface area (Å²) in [4.78, 5) is 8.87. The molecular formula is C17H14Cl2N2Ru. The molecule has 1 aliphatic rings. The predicted octanol–water partition coefficient (Wildman–Crippen LogP) is 5.25. The monoisotopic (exact) mass is 418 g/mol.